The van der Waals surface area contributed by atoms with Gasteiger partial charge >= 0.3 is 12.1 Å². The predicted octanol–water partition coefficient (Wildman–Crippen LogP) is 2.50. The van der Waals surface area contributed by atoms with Crippen LogP contribution in [0, 0.1) is 0 Å². The second-order valence-corrected chi connectivity index (χ2v) is 5.28. The van der Waals surface area contributed by atoms with Gasteiger partial charge in [-0.2, -0.15) is 13.2 Å². The van der Waals surface area contributed by atoms with E-state index in [2.05, 4.69) is 5.32 Å². The van der Waals surface area contributed by atoms with Crippen LogP contribution in [0.2, 0.25) is 0 Å². The number of hydrogen-bond acceptors (Lipinski definition) is 4. The number of anilines is 2. The number of amides is 2. The molecular formula is C16H15F3N2O4. The van der Waals surface area contributed by atoms with Gasteiger partial charge in [0.2, 0.25) is 5.91 Å². The zero-order valence-corrected chi connectivity index (χ0v) is 13.4. The topological polar surface area (TPSA) is 75.7 Å². The van der Waals surface area contributed by atoms with E-state index in [1.165, 1.54) is 13.0 Å². The molecule has 0 aliphatic carbocycles. The van der Waals surface area contributed by atoms with E-state index >= 15 is 0 Å². The highest BCUT2D eigenvalue weighted by atomic mass is 19.4. The van der Waals surface area contributed by atoms with Gasteiger partial charge < -0.3 is 10.1 Å². The summed E-state index contributed by atoms with van der Waals surface area (Å²) < 4.78 is 43.3. The lowest BCUT2D eigenvalue weighted by Gasteiger charge is -2.31. The third kappa shape index (κ3) is 4.17. The highest BCUT2D eigenvalue weighted by Crippen LogP contribution is 2.37. The largest absolute Gasteiger partial charge is 0.449 e. The fraction of sp³-hybridized carbons (Fsp3) is 0.312. The Labute approximate surface area is 141 Å². The maximum absolute atomic E-state index is 12.8. The lowest BCUT2D eigenvalue weighted by atomic mass is 10.1. The van der Waals surface area contributed by atoms with Crippen molar-refractivity contribution in [3.05, 3.63) is 35.9 Å². The molecule has 134 valence electrons. The van der Waals surface area contributed by atoms with E-state index in [1.54, 1.807) is 6.92 Å². The van der Waals surface area contributed by atoms with Gasteiger partial charge in [-0.25, -0.2) is 4.79 Å². The van der Waals surface area contributed by atoms with Crippen molar-refractivity contribution < 1.29 is 32.3 Å². The summed E-state index contributed by atoms with van der Waals surface area (Å²) in [7, 11) is 0. The van der Waals surface area contributed by atoms with Crippen molar-refractivity contribution in [1.29, 1.82) is 0 Å². The zero-order valence-electron chi connectivity index (χ0n) is 13.4. The fourth-order valence-electron chi connectivity index (χ4n) is 2.28. The molecule has 2 amide bonds. The quantitative estimate of drug-likeness (QED) is 0.667. The van der Waals surface area contributed by atoms with Crippen molar-refractivity contribution in [2.24, 2.45) is 0 Å². The average molecular weight is 356 g/mol. The molecule has 25 heavy (non-hydrogen) atoms. The number of carbonyl (C=O) groups excluding carboxylic acids is 3. The van der Waals surface area contributed by atoms with Crippen LogP contribution >= 0.6 is 0 Å². The van der Waals surface area contributed by atoms with Crippen molar-refractivity contribution in [2.45, 2.75) is 26.1 Å². The Balaban J connectivity index is 2.30. The molecule has 1 aliphatic heterocycles. The Morgan fingerprint density at radius 2 is 2.04 bits per heavy atom. The summed E-state index contributed by atoms with van der Waals surface area (Å²) in [6.07, 6.45) is -3.23. The molecule has 1 atom stereocenters. The first-order valence-corrected chi connectivity index (χ1v) is 7.29. The number of fused-ring (bicyclic) bond motifs is 1. The number of nitrogens with one attached hydrogen (secondary N) is 1. The molecule has 6 nitrogen and oxygen atoms in total. The monoisotopic (exact) mass is 356 g/mol. The summed E-state index contributed by atoms with van der Waals surface area (Å²) in [5.41, 5.74) is -0.980. The first kappa shape index (κ1) is 18.5. The van der Waals surface area contributed by atoms with Gasteiger partial charge in [0.15, 0.2) is 6.10 Å². The average Bonchev–Trinajstić information content (AvgIpc) is 2.51. The van der Waals surface area contributed by atoms with Crippen LogP contribution in [0.15, 0.2) is 30.4 Å². The van der Waals surface area contributed by atoms with E-state index in [-0.39, 0.29) is 17.9 Å². The fourth-order valence-corrected chi connectivity index (χ4v) is 2.28. The van der Waals surface area contributed by atoms with E-state index < -0.39 is 35.6 Å². The lowest BCUT2D eigenvalue weighted by Crippen LogP contribution is -2.47. The van der Waals surface area contributed by atoms with Crippen LogP contribution in [0.3, 0.4) is 0 Å². The summed E-state index contributed by atoms with van der Waals surface area (Å²) in [5, 5.41) is 2.31. The third-order valence-electron chi connectivity index (χ3n) is 3.40. The summed E-state index contributed by atoms with van der Waals surface area (Å²) in [6, 6.07) is 2.66. The standard InChI is InChI=1S/C16H15F3N2O4/c1-3-4-14(23)25-9(2)15(24)21-8-13(22)20-11-7-10(16(17,18)19)5-6-12(11)21/h3-7,9H,8H2,1-2H3,(H,20,22). The third-order valence-corrected chi connectivity index (χ3v) is 3.40. The second-order valence-electron chi connectivity index (χ2n) is 5.28. The molecule has 0 saturated heterocycles. The molecule has 1 aliphatic rings. The van der Waals surface area contributed by atoms with Crippen LogP contribution < -0.4 is 10.2 Å². The summed E-state index contributed by atoms with van der Waals surface area (Å²) >= 11 is 0. The molecule has 1 N–H and O–H groups in total. The predicted molar refractivity (Wildman–Crippen MR) is 82.8 cm³/mol. The molecule has 1 heterocycles. The van der Waals surface area contributed by atoms with Gasteiger partial charge in [0.25, 0.3) is 5.91 Å². The molecule has 0 fully saturated rings. The number of esters is 1. The lowest BCUT2D eigenvalue weighted by molar-refractivity contribution is -0.149. The molecule has 0 spiro atoms. The summed E-state index contributed by atoms with van der Waals surface area (Å²) in [5.74, 6) is -2.10. The summed E-state index contributed by atoms with van der Waals surface area (Å²) in [6.45, 7) is 2.53. The number of carbonyl (C=O) groups is 3. The van der Waals surface area contributed by atoms with E-state index in [1.807, 2.05) is 0 Å². The number of allylic oxidation sites excluding steroid dienone is 1. The number of nitrogens with zero attached hydrogens (tertiary/aromatic N) is 1. The van der Waals surface area contributed by atoms with Gasteiger partial charge in [-0.15, -0.1) is 0 Å². The molecular weight excluding hydrogens is 341 g/mol. The maximum Gasteiger partial charge on any atom is 0.416 e. The molecule has 0 bridgehead atoms. The Morgan fingerprint density at radius 3 is 2.64 bits per heavy atom. The maximum atomic E-state index is 12.8. The Morgan fingerprint density at radius 1 is 1.36 bits per heavy atom. The number of benzene rings is 1. The minimum Gasteiger partial charge on any atom is -0.449 e. The molecule has 0 saturated carbocycles. The van der Waals surface area contributed by atoms with Crippen molar-refractivity contribution in [2.75, 3.05) is 16.8 Å². The highest BCUT2D eigenvalue weighted by molar-refractivity contribution is 6.11. The van der Waals surface area contributed by atoms with Gasteiger partial charge in [-0.05, 0) is 32.0 Å². The van der Waals surface area contributed by atoms with Crippen LogP contribution in [-0.2, 0) is 25.3 Å². The smallest absolute Gasteiger partial charge is 0.416 e. The minimum absolute atomic E-state index is 0.103. The van der Waals surface area contributed by atoms with Crippen LogP contribution in [-0.4, -0.2) is 30.4 Å². The van der Waals surface area contributed by atoms with Gasteiger partial charge in [0, 0.05) is 6.08 Å². The SMILES string of the molecule is CC=CC(=O)OC(C)C(=O)N1CC(=O)Nc2cc(C(F)(F)F)ccc21. The van der Waals surface area contributed by atoms with Crippen molar-refractivity contribution >= 4 is 29.2 Å². The van der Waals surface area contributed by atoms with Gasteiger partial charge in [0.05, 0.1) is 16.9 Å². The van der Waals surface area contributed by atoms with Crippen LogP contribution in [0.1, 0.15) is 19.4 Å². The van der Waals surface area contributed by atoms with Crippen LogP contribution in [0.25, 0.3) is 0 Å². The number of alkyl halides is 3. The van der Waals surface area contributed by atoms with Gasteiger partial charge in [-0.3, -0.25) is 14.5 Å². The Kier molecular flexibility index (Phi) is 5.15. The molecule has 2 rings (SSSR count). The van der Waals surface area contributed by atoms with Crippen LogP contribution in [0.4, 0.5) is 24.5 Å². The normalized spacial score (nSPS) is 15.6. The molecule has 1 aromatic rings. The van der Waals surface area contributed by atoms with E-state index in [0.29, 0.717) is 0 Å². The van der Waals surface area contributed by atoms with E-state index in [0.717, 1.165) is 29.2 Å². The van der Waals surface area contributed by atoms with Gasteiger partial charge in [-0.1, -0.05) is 6.08 Å². The van der Waals surface area contributed by atoms with E-state index in [9.17, 15) is 27.6 Å². The number of rotatable bonds is 3. The first-order chi connectivity index (χ1) is 11.6. The first-order valence-electron chi connectivity index (χ1n) is 7.29. The van der Waals surface area contributed by atoms with Crippen molar-refractivity contribution in [1.82, 2.24) is 0 Å². The summed E-state index contributed by atoms with van der Waals surface area (Å²) in [4.78, 5) is 36.6. The molecule has 0 radical (unpaired) electrons. The number of halogens is 3. The van der Waals surface area contributed by atoms with Crippen molar-refractivity contribution in [3.8, 4) is 0 Å². The minimum atomic E-state index is -4.58. The highest BCUT2D eigenvalue weighted by Gasteiger charge is 2.35. The molecule has 1 unspecified atom stereocenters. The molecule has 1 aromatic carbocycles. The van der Waals surface area contributed by atoms with E-state index in [4.69, 9.17) is 4.74 Å². The van der Waals surface area contributed by atoms with Crippen molar-refractivity contribution in [3.63, 3.8) is 0 Å². The van der Waals surface area contributed by atoms with Gasteiger partial charge in [0.1, 0.15) is 6.54 Å². The van der Waals surface area contributed by atoms with Crippen LogP contribution in [0.5, 0.6) is 0 Å². The Bertz CT molecular complexity index is 743. The molecule has 0 aromatic heterocycles. The second kappa shape index (κ2) is 6.96. The number of hydrogen-bond donors (Lipinski definition) is 1. The Hall–Kier alpha value is -2.84. The molecule has 9 heteroatoms. The zero-order chi connectivity index (χ0) is 18.8. The number of ether oxygens (including phenoxy) is 1.